The Hall–Kier alpha value is -3.69. The molecule has 0 atom stereocenters. The number of nitrogen functional groups attached to an aromatic ring is 1. The van der Waals surface area contributed by atoms with Crippen LogP contribution in [0.3, 0.4) is 0 Å². The highest BCUT2D eigenvalue weighted by molar-refractivity contribution is 5.90. The monoisotopic (exact) mass is 426 g/mol. The van der Waals surface area contributed by atoms with Crippen LogP contribution in [0.15, 0.2) is 42.6 Å². The zero-order valence-corrected chi connectivity index (χ0v) is 18.9. The molecule has 32 heavy (non-hydrogen) atoms. The van der Waals surface area contributed by atoms with Gasteiger partial charge in [0.1, 0.15) is 5.82 Å². The number of hydrogen-bond acceptors (Lipinski definition) is 5. The fourth-order valence-electron chi connectivity index (χ4n) is 4.49. The summed E-state index contributed by atoms with van der Waals surface area (Å²) in [5, 5.41) is 9.24. The Morgan fingerprint density at radius 1 is 1.09 bits per heavy atom. The average Bonchev–Trinajstić information content (AvgIpc) is 3.14. The number of nitrogens with two attached hydrogens (primary N) is 2. The molecule has 0 aliphatic carbocycles. The molecule has 0 amide bonds. The van der Waals surface area contributed by atoms with Crippen molar-refractivity contribution >= 4 is 23.3 Å². The van der Waals surface area contributed by atoms with Crippen molar-refractivity contribution in [3.05, 3.63) is 70.4 Å². The van der Waals surface area contributed by atoms with E-state index in [2.05, 4.69) is 53.9 Å². The number of rotatable bonds is 4. The van der Waals surface area contributed by atoms with Crippen molar-refractivity contribution in [3.8, 4) is 17.2 Å². The molecule has 0 radical (unpaired) electrons. The first-order valence-corrected chi connectivity index (χ1v) is 10.9. The van der Waals surface area contributed by atoms with Crippen LogP contribution in [0.25, 0.3) is 22.9 Å². The van der Waals surface area contributed by atoms with Crippen molar-refractivity contribution in [1.29, 1.82) is 5.26 Å². The maximum atomic E-state index is 9.24. The lowest BCUT2D eigenvalue weighted by atomic mass is 9.98. The second-order valence-electron chi connectivity index (χ2n) is 8.57. The van der Waals surface area contributed by atoms with Crippen LogP contribution in [0.5, 0.6) is 0 Å². The summed E-state index contributed by atoms with van der Waals surface area (Å²) in [5.41, 5.74) is 21.5. The molecule has 4 rings (SSSR count). The van der Waals surface area contributed by atoms with Gasteiger partial charge in [0.25, 0.3) is 0 Å². The van der Waals surface area contributed by atoms with Gasteiger partial charge >= 0.3 is 0 Å². The molecule has 3 aromatic rings. The van der Waals surface area contributed by atoms with Crippen LogP contribution in [0.2, 0.25) is 0 Å². The van der Waals surface area contributed by atoms with E-state index in [1.807, 2.05) is 30.5 Å². The third kappa shape index (κ3) is 4.20. The summed E-state index contributed by atoms with van der Waals surface area (Å²) in [6, 6.07) is 14.0. The first kappa shape index (κ1) is 21.5. The number of anilines is 2. The van der Waals surface area contributed by atoms with Gasteiger partial charge in [0.05, 0.1) is 11.6 Å². The van der Waals surface area contributed by atoms with E-state index in [9.17, 15) is 5.26 Å². The molecule has 1 aliphatic rings. The molecule has 0 unspecified atom stereocenters. The lowest BCUT2D eigenvalue weighted by Gasteiger charge is -2.36. The molecule has 1 aromatic heterocycles. The highest BCUT2D eigenvalue weighted by Crippen LogP contribution is 2.33. The maximum Gasteiger partial charge on any atom is 0.108 e. The summed E-state index contributed by atoms with van der Waals surface area (Å²) in [7, 11) is 2.17. The van der Waals surface area contributed by atoms with Crippen LogP contribution < -0.4 is 16.4 Å². The van der Waals surface area contributed by atoms with Crippen molar-refractivity contribution in [2.75, 3.05) is 43.9 Å². The smallest absolute Gasteiger partial charge is 0.108 e. The number of hydrogen-bond donors (Lipinski definition) is 3. The topological polar surface area (TPSA) is 98.1 Å². The number of nitriles is 1. The number of aryl methyl sites for hydroxylation is 2. The Morgan fingerprint density at radius 2 is 1.78 bits per heavy atom. The van der Waals surface area contributed by atoms with Gasteiger partial charge in [0.15, 0.2) is 0 Å². The van der Waals surface area contributed by atoms with Crippen LogP contribution in [-0.4, -0.2) is 43.1 Å². The largest absolute Gasteiger partial charge is 0.398 e. The second-order valence-corrected chi connectivity index (χ2v) is 8.57. The molecule has 164 valence electrons. The van der Waals surface area contributed by atoms with Gasteiger partial charge in [0, 0.05) is 54.9 Å². The molecule has 2 aromatic carbocycles. The minimum absolute atomic E-state index is 0.549. The van der Waals surface area contributed by atoms with E-state index in [0.29, 0.717) is 17.1 Å². The number of nitrogens with zero attached hydrogens (tertiary/aromatic N) is 3. The minimum Gasteiger partial charge on any atom is -0.398 e. The molecular formula is C26H30N6. The number of piperazine rings is 1. The van der Waals surface area contributed by atoms with Gasteiger partial charge in [-0.05, 0) is 73.5 Å². The van der Waals surface area contributed by atoms with E-state index in [1.165, 1.54) is 16.8 Å². The highest BCUT2D eigenvalue weighted by Gasteiger charge is 2.19. The Labute approximate surface area is 189 Å². The van der Waals surface area contributed by atoms with Crippen molar-refractivity contribution in [1.82, 2.24) is 9.88 Å². The van der Waals surface area contributed by atoms with Crippen LogP contribution in [-0.2, 0) is 0 Å². The van der Waals surface area contributed by atoms with Gasteiger partial charge in [0.2, 0.25) is 0 Å². The molecule has 2 heterocycles. The number of likely N-dealkylation sites (N-methyl/N-ethyl adjacent to an activating group) is 1. The first-order chi connectivity index (χ1) is 15.4. The van der Waals surface area contributed by atoms with Gasteiger partial charge in [-0.1, -0.05) is 12.1 Å². The molecule has 1 saturated heterocycles. The van der Waals surface area contributed by atoms with Gasteiger partial charge in [-0.2, -0.15) is 5.26 Å². The summed E-state index contributed by atoms with van der Waals surface area (Å²) in [6.45, 7) is 8.53. The summed E-state index contributed by atoms with van der Waals surface area (Å²) in [5.74, 6) is 0.549. The Morgan fingerprint density at radius 3 is 2.44 bits per heavy atom. The molecule has 5 N–H and O–H groups in total. The standard InChI is InChI=1S/C26H30N6/c1-17-11-21(12-18(2)25(17)32-9-7-31(3)8-10-32)24(28)14-22-23(16-30-26(22)29)20-6-4-5-19(13-20)15-27/h4-6,11-14,16,30H,7-10,28-29H2,1-3H3/b24-14-. The number of aromatic nitrogens is 1. The SMILES string of the molecule is Cc1cc(/C(N)=C/c2c(-c3cccc(C#N)c3)c[nH]c2N)cc(C)c1N1CCN(C)CC1. The number of H-pyrrole nitrogens is 1. The molecular weight excluding hydrogens is 396 g/mol. The van der Waals surface area contributed by atoms with Crippen LogP contribution >= 0.6 is 0 Å². The number of benzene rings is 2. The average molecular weight is 427 g/mol. The lowest BCUT2D eigenvalue weighted by Crippen LogP contribution is -2.45. The molecule has 1 aliphatic heterocycles. The van der Waals surface area contributed by atoms with E-state index < -0.39 is 0 Å². The van der Waals surface area contributed by atoms with E-state index in [1.54, 1.807) is 6.07 Å². The summed E-state index contributed by atoms with van der Waals surface area (Å²) in [4.78, 5) is 7.93. The molecule has 6 heteroatoms. The Balaban J connectivity index is 1.68. The van der Waals surface area contributed by atoms with Crippen LogP contribution in [0.4, 0.5) is 11.5 Å². The van der Waals surface area contributed by atoms with Gasteiger partial charge in [-0.25, -0.2) is 0 Å². The van der Waals surface area contributed by atoms with Crippen LogP contribution in [0.1, 0.15) is 27.8 Å². The molecule has 0 saturated carbocycles. The van der Waals surface area contributed by atoms with Crippen molar-refractivity contribution in [2.45, 2.75) is 13.8 Å². The zero-order chi connectivity index (χ0) is 22.8. The van der Waals surface area contributed by atoms with E-state index in [4.69, 9.17) is 11.5 Å². The molecule has 0 bridgehead atoms. The van der Waals surface area contributed by atoms with Gasteiger partial charge in [-0.3, -0.25) is 0 Å². The summed E-state index contributed by atoms with van der Waals surface area (Å²) < 4.78 is 0. The Bertz CT molecular complexity index is 1180. The second kappa shape index (κ2) is 8.81. The van der Waals surface area contributed by atoms with Crippen molar-refractivity contribution < 1.29 is 0 Å². The molecule has 6 nitrogen and oxygen atoms in total. The summed E-state index contributed by atoms with van der Waals surface area (Å²) in [6.07, 6.45) is 3.78. The first-order valence-electron chi connectivity index (χ1n) is 10.9. The summed E-state index contributed by atoms with van der Waals surface area (Å²) >= 11 is 0. The Kier molecular flexibility index (Phi) is 5.93. The minimum atomic E-state index is 0.549. The highest BCUT2D eigenvalue weighted by atomic mass is 15.2. The van der Waals surface area contributed by atoms with Crippen LogP contribution in [0, 0.1) is 25.2 Å². The quantitative estimate of drug-likeness (QED) is 0.587. The predicted octanol–water partition coefficient (Wildman–Crippen LogP) is 3.96. The third-order valence-corrected chi connectivity index (χ3v) is 6.20. The predicted molar refractivity (Wildman–Crippen MR) is 133 cm³/mol. The van der Waals surface area contributed by atoms with E-state index >= 15 is 0 Å². The third-order valence-electron chi connectivity index (χ3n) is 6.20. The normalized spacial score (nSPS) is 15.1. The molecule has 0 spiro atoms. The lowest BCUT2D eigenvalue weighted by molar-refractivity contribution is 0.312. The van der Waals surface area contributed by atoms with E-state index in [0.717, 1.165) is 48.4 Å². The fraction of sp³-hybridized carbons (Fsp3) is 0.269. The van der Waals surface area contributed by atoms with Crippen molar-refractivity contribution in [2.24, 2.45) is 5.73 Å². The van der Waals surface area contributed by atoms with E-state index in [-0.39, 0.29) is 0 Å². The number of nitrogens with one attached hydrogen (secondary N) is 1. The number of aromatic amines is 1. The molecule has 1 fully saturated rings. The van der Waals surface area contributed by atoms with Gasteiger partial charge < -0.3 is 26.3 Å². The van der Waals surface area contributed by atoms with Crippen molar-refractivity contribution in [3.63, 3.8) is 0 Å². The fourth-order valence-corrected chi connectivity index (χ4v) is 4.49. The maximum absolute atomic E-state index is 9.24. The van der Waals surface area contributed by atoms with Gasteiger partial charge in [-0.15, -0.1) is 0 Å². The zero-order valence-electron chi connectivity index (χ0n) is 18.9.